The van der Waals surface area contributed by atoms with Gasteiger partial charge >= 0.3 is 0 Å². The molecule has 1 atom stereocenters. The van der Waals surface area contributed by atoms with Gasteiger partial charge in [0.2, 0.25) is 5.91 Å². The first kappa shape index (κ1) is 8.95. The van der Waals surface area contributed by atoms with Gasteiger partial charge in [0.25, 0.3) is 0 Å². The Morgan fingerprint density at radius 3 is 2.22 bits per heavy atom. The number of halogens is 1. The van der Waals surface area contributed by atoms with E-state index in [1.54, 1.807) is 19.0 Å². The molecule has 1 amide bonds. The number of hydrogen-bond acceptors (Lipinski definition) is 1. The Morgan fingerprint density at radius 2 is 2.11 bits per heavy atom. The molecule has 0 aliphatic carbocycles. The zero-order valence-electron chi connectivity index (χ0n) is 6.02. The highest BCUT2D eigenvalue weighted by Gasteiger charge is 2.12. The van der Waals surface area contributed by atoms with Crippen LogP contribution in [0.1, 0.15) is 13.3 Å². The average molecular weight is 194 g/mol. The van der Waals surface area contributed by atoms with Crippen molar-refractivity contribution in [3.63, 3.8) is 0 Å². The predicted molar refractivity (Wildman–Crippen MR) is 41.7 cm³/mol. The molecule has 54 valence electrons. The van der Waals surface area contributed by atoms with Crippen LogP contribution >= 0.6 is 15.9 Å². The highest BCUT2D eigenvalue weighted by Crippen LogP contribution is 2.05. The summed E-state index contributed by atoms with van der Waals surface area (Å²) in [5, 5.41) is 0. The summed E-state index contributed by atoms with van der Waals surface area (Å²) < 4.78 is 0. The predicted octanol–water partition coefficient (Wildman–Crippen LogP) is 1.25. The molecular weight excluding hydrogens is 182 g/mol. The van der Waals surface area contributed by atoms with Crippen LogP contribution in [0.25, 0.3) is 0 Å². The van der Waals surface area contributed by atoms with Gasteiger partial charge in [0.05, 0.1) is 4.83 Å². The molecule has 0 saturated heterocycles. The van der Waals surface area contributed by atoms with E-state index >= 15 is 0 Å². The SMILES string of the molecule is CC[C@@H](Br)C(=O)N(C)C. The molecule has 0 rings (SSSR count). The van der Waals surface area contributed by atoms with Gasteiger partial charge in [-0.15, -0.1) is 0 Å². The van der Waals surface area contributed by atoms with Crippen LogP contribution in [0, 0.1) is 0 Å². The first-order valence-corrected chi connectivity index (χ1v) is 3.86. The molecule has 0 heterocycles. The van der Waals surface area contributed by atoms with Crippen molar-refractivity contribution < 1.29 is 4.79 Å². The second kappa shape index (κ2) is 3.88. The Hall–Kier alpha value is -0.0500. The number of carbonyl (C=O) groups is 1. The first-order valence-electron chi connectivity index (χ1n) is 2.94. The van der Waals surface area contributed by atoms with Gasteiger partial charge in [-0.2, -0.15) is 0 Å². The Labute approximate surface area is 64.4 Å². The fourth-order valence-corrected chi connectivity index (χ4v) is 0.864. The van der Waals surface area contributed by atoms with E-state index < -0.39 is 0 Å². The van der Waals surface area contributed by atoms with Crippen LogP contribution in [-0.2, 0) is 4.79 Å². The van der Waals surface area contributed by atoms with E-state index in [9.17, 15) is 4.79 Å². The van der Waals surface area contributed by atoms with Gasteiger partial charge in [0.15, 0.2) is 0 Å². The number of rotatable bonds is 2. The number of amides is 1. The van der Waals surface area contributed by atoms with Gasteiger partial charge in [0, 0.05) is 14.1 Å². The minimum absolute atomic E-state index is 0.00694. The van der Waals surface area contributed by atoms with Crippen molar-refractivity contribution in [2.75, 3.05) is 14.1 Å². The van der Waals surface area contributed by atoms with Crippen molar-refractivity contribution in [2.45, 2.75) is 18.2 Å². The topological polar surface area (TPSA) is 20.3 Å². The van der Waals surface area contributed by atoms with Crippen molar-refractivity contribution in [2.24, 2.45) is 0 Å². The van der Waals surface area contributed by atoms with Gasteiger partial charge in [-0.1, -0.05) is 22.9 Å². The number of nitrogens with zero attached hydrogens (tertiary/aromatic N) is 1. The fourth-order valence-electron chi connectivity index (χ4n) is 0.455. The number of alkyl halides is 1. The van der Waals surface area contributed by atoms with Gasteiger partial charge in [-0.25, -0.2) is 0 Å². The van der Waals surface area contributed by atoms with Crippen LogP contribution in [0.2, 0.25) is 0 Å². The molecule has 0 spiro atoms. The van der Waals surface area contributed by atoms with Gasteiger partial charge < -0.3 is 4.90 Å². The largest absolute Gasteiger partial charge is 0.348 e. The molecule has 9 heavy (non-hydrogen) atoms. The zero-order valence-corrected chi connectivity index (χ0v) is 7.60. The minimum Gasteiger partial charge on any atom is -0.348 e. The molecule has 0 N–H and O–H groups in total. The maximum Gasteiger partial charge on any atom is 0.235 e. The standard InChI is InChI=1S/C6H12BrNO/c1-4-5(7)6(9)8(2)3/h5H,4H2,1-3H3/t5-/m1/s1. The molecule has 0 aromatic rings. The molecular formula is C6H12BrNO. The molecule has 3 heteroatoms. The second-order valence-corrected chi connectivity index (χ2v) is 3.21. The van der Waals surface area contributed by atoms with Gasteiger partial charge in [0.1, 0.15) is 0 Å². The third kappa shape index (κ3) is 2.84. The van der Waals surface area contributed by atoms with Crippen molar-refractivity contribution in [3.8, 4) is 0 Å². The number of hydrogen-bond donors (Lipinski definition) is 0. The van der Waals surface area contributed by atoms with Crippen LogP contribution < -0.4 is 0 Å². The molecule has 2 nitrogen and oxygen atoms in total. The molecule has 0 aliphatic heterocycles. The molecule has 0 aromatic heterocycles. The average Bonchev–Trinajstić information content (AvgIpc) is 1.84. The molecule has 0 fully saturated rings. The summed E-state index contributed by atoms with van der Waals surface area (Å²) in [6.45, 7) is 1.97. The molecule has 0 saturated carbocycles. The van der Waals surface area contributed by atoms with Crippen LogP contribution in [0.3, 0.4) is 0 Å². The highest BCUT2D eigenvalue weighted by molar-refractivity contribution is 9.10. The Balaban J connectivity index is 3.73. The molecule has 0 aromatic carbocycles. The maximum absolute atomic E-state index is 11.0. The Bertz CT molecular complexity index is 103. The maximum atomic E-state index is 11.0. The molecule has 0 radical (unpaired) electrons. The normalized spacial score (nSPS) is 12.9. The van der Waals surface area contributed by atoms with E-state index in [0.717, 1.165) is 6.42 Å². The van der Waals surface area contributed by atoms with Crippen LogP contribution in [0.5, 0.6) is 0 Å². The lowest BCUT2D eigenvalue weighted by atomic mass is 10.3. The summed E-state index contributed by atoms with van der Waals surface area (Å²) in [4.78, 5) is 12.5. The summed E-state index contributed by atoms with van der Waals surface area (Å²) in [5.41, 5.74) is 0. The lowest BCUT2D eigenvalue weighted by Crippen LogP contribution is -2.29. The lowest BCUT2D eigenvalue weighted by Gasteiger charge is -2.12. The molecule has 0 bridgehead atoms. The summed E-state index contributed by atoms with van der Waals surface area (Å²) in [6.07, 6.45) is 0.844. The number of carbonyl (C=O) groups excluding carboxylic acids is 1. The van der Waals surface area contributed by atoms with Crippen LogP contribution in [-0.4, -0.2) is 29.7 Å². The van der Waals surface area contributed by atoms with Gasteiger partial charge in [-0.3, -0.25) is 4.79 Å². The van der Waals surface area contributed by atoms with Crippen molar-refractivity contribution in [3.05, 3.63) is 0 Å². The summed E-state index contributed by atoms with van der Waals surface area (Å²) in [7, 11) is 3.51. The smallest absolute Gasteiger partial charge is 0.235 e. The third-order valence-corrected chi connectivity index (χ3v) is 2.11. The third-order valence-electron chi connectivity index (χ3n) is 1.07. The molecule has 0 aliphatic rings. The van der Waals surface area contributed by atoms with E-state index in [-0.39, 0.29) is 10.7 Å². The second-order valence-electron chi connectivity index (χ2n) is 2.11. The summed E-state index contributed by atoms with van der Waals surface area (Å²) >= 11 is 3.25. The van der Waals surface area contributed by atoms with E-state index in [4.69, 9.17) is 0 Å². The Kier molecular flexibility index (Phi) is 3.86. The van der Waals surface area contributed by atoms with E-state index in [1.807, 2.05) is 6.92 Å². The first-order chi connectivity index (χ1) is 4.09. The van der Waals surface area contributed by atoms with E-state index in [0.29, 0.717) is 0 Å². The quantitative estimate of drug-likeness (QED) is 0.605. The molecule has 0 unspecified atom stereocenters. The van der Waals surface area contributed by atoms with Crippen LogP contribution in [0.4, 0.5) is 0 Å². The Morgan fingerprint density at radius 1 is 1.67 bits per heavy atom. The van der Waals surface area contributed by atoms with Crippen molar-refractivity contribution >= 4 is 21.8 Å². The highest BCUT2D eigenvalue weighted by atomic mass is 79.9. The van der Waals surface area contributed by atoms with Crippen molar-refractivity contribution in [1.82, 2.24) is 4.90 Å². The summed E-state index contributed by atoms with van der Waals surface area (Å²) in [5.74, 6) is 0.137. The van der Waals surface area contributed by atoms with E-state index in [2.05, 4.69) is 15.9 Å². The zero-order chi connectivity index (χ0) is 7.44. The van der Waals surface area contributed by atoms with Crippen LogP contribution in [0.15, 0.2) is 0 Å². The fraction of sp³-hybridized carbons (Fsp3) is 0.833. The minimum atomic E-state index is -0.00694. The van der Waals surface area contributed by atoms with Gasteiger partial charge in [-0.05, 0) is 6.42 Å². The van der Waals surface area contributed by atoms with E-state index in [1.165, 1.54) is 0 Å². The lowest BCUT2D eigenvalue weighted by molar-refractivity contribution is -0.127. The van der Waals surface area contributed by atoms with Crippen molar-refractivity contribution in [1.29, 1.82) is 0 Å². The monoisotopic (exact) mass is 193 g/mol. The summed E-state index contributed by atoms with van der Waals surface area (Å²) in [6, 6.07) is 0.